The highest BCUT2D eigenvalue weighted by atomic mass is 16.2. The van der Waals surface area contributed by atoms with Gasteiger partial charge in [-0.05, 0) is 19.4 Å². The van der Waals surface area contributed by atoms with Crippen molar-refractivity contribution in [3.8, 4) is 0 Å². The van der Waals surface area contributed by atoms with Crippen molar-refractivity contribution in [2.45, 2.75) is 26.3 Å². The van der Waals surface area contributed by atoms with Gasteiger partial charge in [0.25, 0.3) is 5.91 Å². The lowest BCUT2D eigenvalue weighted by Gasteiger charge is -2.08. The van der Waals surface area contributed by atoms with Crippen LogP contribution in [0.25, 0.3) is 5.65 Å². The van der Waals surface area contributed by atoms with Crippen LogP contribution in [0.5, 0.6) is 0 Å². The van der Waals surface area contributed by atoms with Gasteiger partial charge in [0.2, 0.25) is 0 Å². The topological polar surface area (TPSA) is 59.3 Å². The van der Waals surface area contributed by atoms with Crippen LogP contribution in [0, 0.1) is 0 Å². The normalized spacial score (nSPS) is 12.6. The first-order valence-electron chi connectivity index (χ1n) is 5.32. The van der Waals surface area contributed by atoms with E-state index < -0.39 is 0 Å². The second kappa shape index (κ2) is 4.30. The number of hydrogen-bond acceptors (Lipinski definition) is 3. The maximum absolute atomic E-state index is 11.8. The van der Waals surface area contributed by atoms with E-state index in [1.807, 2.05) is 13.8 Å². The highest BCUT2D eigenvalue weighted by Crippen LogP contribution is 2.03. The molecule has 0 fully saturated rings. The van der Waals surface area contributed by atoms with E-state index >= 15 is 0 Å². The van der Waals surface area contributed by atoms with Crippen LogP contribution >= 0.6 is 0 Å². The minimum absolute atomic E-state index is 0.153. The molecule has 16 heavy (non-hydrogen) atoms. The number of hydrogen-bond donors (Lipinski definition) is 1. The van der Waals surface area contributed by atoms with Crippen molar-refractivity contribution in [3.05, 3.63) is 30.2 Å². The summed E-state index contributed by atoms with van der Waals surface area (Å²) in [6, 6.07) is 3.61. The molecule has 0 aliphatic heterocycles. The highest BCUT2D eigenvalue weighted by molar-refractivity contribution is 5.93. The zero-order valence-electron chi connectivity index (χ0n) is 9.34. The molecular weight excluding hydrogens is 204 g/mol. The van der Waals surface area contributed by atoms with Gasteiger partial charge in [-0.25, -0.2) is 9.50 Å². The molecule has 5 heteroatoms. The van der Waals surface area contributed by atoms with Gasteiger partial charge in [-0.2, -0.15) is 5.10 Å². The lowest BCUT2D eigenvalue weighted by atomic mass is 10.2. The van der Waals surface area contributed by atoms with Gasteiger partial charge >= 0.3 is 0 Å². The first-order chi connectivity index (χ1) is 7.70. The molecule has 2 heterocycles. The fourth-order valence-electron chi connectivity index (χ4n) is 1.34. The van der Waals surface area contributed by atoms with Crippen LogP contribution in [0.2, 0.25) is 0 Å². The minimum atomic E-state index is -0.153. The van der Waals surface area contributed by atoms with Crippen LogP contribution in [0.1, 0.15) is 30.8 Å². The van der Waals surface area contributed by atoms with Gasteiger partial charge in [-0.3, -0.25) is 4.79 Å². The van der Waals surface area contributed by atoms with E-state index in [1.54, 1.807) is 29.0 Å². The van der Waals surface area contributed by atoms with E-state index in [0.29, 0.717) is 11.3 Å². The third-order valence-corrected chi connectivity index (χ3v) is 2.46. The number of aromatic nitrogens is 3. The fourth-order valence-corrected chi connectivity index (χ4v) is 1.34. The molecule has 0 spiro atoms. The van der Waals surface area contributed by atoms with Gasteiger partial charge in [0.1, 0.15) is 0 Å². The van der Waals surface area contributed by atoms with Crippen molar-refractivity contribution in [3.63, 3.8) is 0 Å². The summed E-state index contributed by atoms with van der Waals surface area (Å²) in [4.78, 5) is 15.9. The van der Waals surface area contributed by atoms with Crippen LogP contribution in [0.4, 0.5) is 0 Å². The van der Waals surface area contributed by atoms with Crippen LogP contribution in [0.15, 0.2) is 24.5 Å². The standard InChI is InChI=1S/C11H14N4O/c1-3-8(2)13-11(16)9-7-10-12-5-4-6-15(10)14-9/h4-8H,3H2,1-2H3,(H,13,16). The Kier molecular flexibility index (Phi) is 2.85. The smallest absolute Gasteiger partial charge is 0.272 e. The highest BCUT2D eigenvalue weighted by Gasteiger charge is 2.12. The molecule has 1 N–H and O–H groups in total. The molecule has 0 radical (unpaired) electrons. The molecule has 0 aliphatic carbocycles. The van der Waals surface area contributed by atoms with Gasteiger partial charge in [0, 0.05) is 24.5 Å². The monoisotopic (exact) mass is 218 g/mol. The summed E-state index contributed by atoms with van der Waals surface area (Å²) >= 11 is 0. The Morgan fingerprint density at radius 3 is 3.12 bits per heavy atom. The molecule has 2 aromatic rings. The molecular formula is C11H14N4O. The van der Waals surface area contributed by atoms with Crippen LogP contribution in [0.3, 0.4) is 0 Å². The van der Waals surface area contributed by atoms with E-state index in [2.05, 4.69) is 15.4 Å². The van der Waals surface area contributed by atoms with E-state index in [4.69, 9.17) is 0 Å². The molecule has 2 aromatic heterocycles. The van der Waals surface area contributed by atoms with Gasteiger partial charge < -0.3 is 5.32 Å². The van der Waals surface area contributed by atoms with Crippen molar-refractivity contribution in [1.82, 2.24) is 19.9 Å². The number of fused-ring (bicyclic) bond motifs is 1. The first kappa shape index (κ1) is 10.6. The molecule has 1 unspecified atom stereocenters. The van der Waals surface area contributed by atoms with Crippen LogP contribution in [-0.2, 0) is 0 Å². The van der Waals surface area contributed by atoms with Crippen molar-refractivity contribution in [1.29, 1.82) is 0 Å². The maximum Gasteiger partial charge on any atom is 0.272 e. The SMILES string of the molecule is CCC(C)NC(=O)c1cc2ncccn2n1. The molecule has 5 nitrogen and oxygen atoms in total. The van der Waals surface area contributed by atoms with Gasteiger partial charge in [0.05, 0.1) is 0 Å². The predicted octanol–water partition coefficient (Wildman–Crippen LogP) is 1.26. The van der Waals surface area contributed by atoms with E-state index in [9.17, 15) is 4.79 Å². The number of carbonyl (C=O) groups is 1. The minimum Gasteiger partial charge on any atom is -0.348 e. The largest absolute Gasteiger partial charge is 0.348 e. The fraction of sp³-hybridized carbons (Fsp3) is 0.364. The molecule has 1 amide bonds. The van der Waals surface area contributed by atoms with Crippen molar-refractivity contribution < 1.29 is 4.79 Å². The Morgan fingerprint density at radius 2 is 2.44 bits per heavy atom. The zero-order valence-corrected chi connectivity index (χ0v) is 9.34. The van der Waals surface area contributed by atoms with E-state index in [-0.39, 0.29) is 11.9 Å². The summed E-state index contributed by atoms with van der Waals surface area (Å²) in [6.45, 7) is 3.99. The van der Waals surface area contributed by atoms with Gasteiger partial charge in [-0.1, -0.05) is 6.92 Å². The number of carbonyl (C=O) groups excluding carboxylic acids is 1. The molecule has 0 saturated carbocycles. The molecule has 1 atom stereocenters. The molecule has 0 bridgehead atoms. The maximum atomic E-state index is 11.8. The number of nitrogens with zero attached hydrogens (tertiary/aromatic N) is 3. The average Bonchev–Trinajstić information content (AvgIpc) is 2.72. The number of amides is 1. The third-order valence-electron chi connectivity index (χ3n) is 2.46. The van der Waals surface area contributed by atoms with Crippen molar-refractivity contribution in [2.75, 3.05) is 0 Å². The Morgan fingerprint density at radius 1 is 1.62 bits per heavy atom. The third kappa shape index (κ3) is 2.03. The summed E-state index contributed by atoms with van der Waals surface area (Å²) in [6.07, 6.45) is 4.34. The Labute approximate surface area is 93.5 Å². The molecule has 2 rings (SSSR count). The summed E-state index contributed by atoms with van der Waals surface area (Å²) in [5.74, 6) is -0.153. The number of rotatable bonds is 3. The van der Waals surface area contributed by atoms with Gasteiger partial charge in [-0.15, -0.1) is 0 Å². The van der Waals surface area contributed by atoms with Crippen molar-refractivity contribution in [2.24, 2.45) is 0 Å². The lowest BCUT2D eigenvalue weighted by Crippen LogP contribution is -2.32. The second-order valence-corrected chi connectivity index (χ2v) is 3.73. The first-order valence-corrected chi connectivity index (χ1v) is 5.32. The molecule has 0 aliphatic rings. The number of nitrogens with one attached hydrogen (secondary N) is 1. The van der Waals surface area contributed by atoms with Crippen LogP contribution in [-0.4, -0.2) is 26.5 Å². The predicted molar refractivity (Wildman–Crippen MR) is 60.2 cm³/mol. The Balaban J connectivity index is 2.23. The van der Waals surface area contributed by atoms with Crippen LogP contribution < -0.4 is 5.32 Å². The van der Waals surface area contributed by atoms with Gasteiger partial charge in [0.15, 0.2) is 11.3 Å². The van der Waals surface area contributed by atoms with Crippen molar-refractivity contribution >= 4 is 11.6 Å². The van der Waals surface area contributed by atoms with E-state index in [1.165, 1.54) is 0 Å². The summed E-state index contributed by atoms with van der Waals surface area (Å²) in [7, 11) is 0. The Bertz CT molecular complexity index is 472. The average molecular weight is 218 g/mol. The quantitative estimate of drug-likeness (QED) is 0.843. The molecule has 0 saturated heterocycles. The summed E-state index contributed by atoms with van der Waals surface area (Å²) in [5.41, 5.74) is 1.08. The zero-order chi connectivity index (χ0) is 11.5. The summed E-state index contributed by atoms with van der Waals surface area (Å²) < 4.78 is 1.59. The Hall–Kier alpha value is -1.91. The lowest BCUT2D eigenvalue weighted by molar-refractivity contribution is 0.0934. The van der Waals surface area contributed by atoms with E-state index in [0.717, 1.165) is 6.42 Å². The molecule has 0 aromatic carbocycles. The molecule has 84 valence electrons. The summed E-state index contributed by atoms with van der Waals surface area (Å²) in [5, 5.41) is 7.01. The second-order valence-electron chi connectivity index (χ2n) is 3.73.